The van der Waals surface area contributed by atoms with E-state index in [0.717, 1.165) is 0 Å². The predicted octanol–water partition coefficient (Wildman–Crippen LogP) is -3.23. The topological polar surface area (TPSA) is 116 Å². The number of nitrogens with one attached hydrogen (secondary N) is 4. The SMILES string of the molecule is O=C1NC(=O)C2NC(=O)C(=O)NC2N1. The molecule has 8 heteroatoms. The van der Waals surface area contributed by atoms with Crippen molar-refractivity contribution in [2.75, 3.05) is 0 Å². The Kier molecular flexibility index (Phi) is 1.63. The zero-order valence-electron chi connectivity index (χ0n) is 6.79. The number of hydrogen-bond acceptors (Lipinski definition) is 4. The quantitative estimate of drug-likeness (QED) is 0.306. The Morgan fingerprint density at radius 1 is 0.857 bits per heavy atom. The predicted molar refractivity (Wildman–Crippen MR) is 40.5 cm³/mol. The number of carbonyl (C=O) groups is 4. The Balaban J connectivity index is 2.21. The van der Waals surface area contributed by atoms with E-state index in [2.05, 4.69) is 16.0 Å². The summed E-state index contributed by atoms with van der Waals surface area (Å²) >= 11 is 0. The second kappa shape index (κ2) is 2.69. The lowest BCUT2D eigenvalue weighted by Gasteiger charge is -2.35. The highest BCUT2D eigenvalue weighted by atomic mass is 16.2. The van der Waals surface area contributed by atoms with E-state index in [1.54, 1.807) is 0 Å². The van der Waals surface area contributed by atoms with Crippen molar-refractivity contribution in [2.24, 2.45) is 0 Å². The van der Waals surface area contributed by atoms with E-state index in [1.807, 2.05) is 5.32 Å². The molecule has 0 aromatic heterocycles. The van der Waals surface area contributed by atoms with Gasteiger partial charge < -0.3 is 16.0 Å². The summed E-state index contributed by atoms with van der Waals surface area (Å²) in [5.74, 6) is -2.41. The first-order valence-corrected chi connectivity index (χ1v) is 3.80. The maximum absolute atomic E-state index is 11.2. The molecular formula is C6H6N4O4. The number of fused-ring (bicyclic) bond motifs is 1. The Labute approximate surface area is 77.4 Å². The Bertz CT molecular complexity index is 352. The second-order valence-electron chi connectivity index (χ2n) is 2.86. The summed E-state index contributed by atoms with van der Waals surface area (Å²) in [4.78, 5) is 43.7. The summed E-state index contributed by atoms with van der Waals surface area (Å²) in [6.07, 6.45) is -0.874. The number of hydrogen-bond donors (Lipinski definition) is 4. The first kappa shape index (κ1) is 8.48. The van der Waals surface area contributed by atoms with Crippen molar-refractivity contribution in [3.05, 3.63) is 0 Å². The lowest BCUT2D eigenvalue weighted by Crippen LogP contribution is -2.75. The zero-order valence-corrected chi connectivity index (χ0v) is 6.79. The standard InChI is InChI=1S/C6H6N4O4/c11-3-1-2(9-6(14)10-3)8-5(13)4(12)7-1/h1-2H,(H,7,12)(H,8,13)(H2,9,10,11,14). The number of imide groups is 1. The monoisotopic (exact) mass is 198 g/mol. The highest BCUT2D eigenvalue weighted by Crippen LogP contribution is 2.01. The minimum absolute atomic E-state index is 0.646. The number of piperazine rings is 1. The van der Waals surface area contributed by atoms with Gasteiger partial charge in [0.25, 0.3) is 5.91 Å². The Hall–Kier alpha value is -2.12. The minimum atomic E-state index is -0.946. The molecule has 2 aliphatic rings. The number of rotatable bonds is 0. The van der Waals surface area contributed by atoms with Crippen molar-refractivity contribution in [1.82, 2.24) is 21.3 Å². The van der Waals surface area contributed by atoms with Crippen molar-refractivity contribution in [1.29, 1.82) is 0 Å². The molecule has 74 valence electrons. The fourth-order valence-electron chi connectivity index (χ4n) is 1.28. The third kappa shape index (κ3) is 1.16. The van der Waals surface area contributed by atoms with Crippen LogP contribution in [-0.2, 0) is 14.4 Å². The van der Waals surface area contributed by atoms with Crippen LogP contribution in [0, 0.1) is 0 Å². The van der Waals surface area contributed by atoms with Gasteiger partial charge in [-0.05, 0) is 0 Å². The molecule has 0 radical (unpaired) electrons. The van der Waals surface area contributed by atoms with E-state index in [0.29, 0.717) is 0 Å². The van der Waals surface area contributed by atoms with Crippen molar-refractivity contribution in [3.63, 3.8) is 0 Å². The highest BCUT2D eigenvalue weighted by molar-refractivity contribution is 6.36. The minimum Gasteiger partial charge on any atom is -0.333 e. The van der Waals surface area contributed by atoms with Crippen molar-refractivity contribution >= 4 is 23.8 Å². The molecule has 0 spiro atoms. The molecule has 8 nitrogen and oxygen atoms in total. The normalized spacial score (nSPS) is 30.9. The van der Waals surface area contributed by atoms with Crippen LogP contribution in [0.2, 0.25) is 0 Å². The Morgan fingerprint density at radius 3 is 2.21 bits per heavy atom. The van der Waals surface area contributed by atoms with E-state index < -0.39 is 36.0 Å². The first-order valence-electron chi connectivity index (χ1n) is 3.80. The van der Waals surface area contributed by atoms with Gasteiger partial charge in [-0.3, -0.25) is 19.7 Å². The molecule has 2 fully saturated rings. The van der Waals surface area contributed by atoms with E-state index in [1.165, 1.54) is 0 Å². The van der Waals surface area contributed by atoms with Gasteiger partial charge in [0.1, 0.15) is 12.2 Å². The van der Waals surface area contributed by atoms with Crippen molar-refractivity contribution in [3.8, 4) is 0 Å². The average Bonchev–Trinajstić information content (AvgIpc) is 2.08. The van der Waals surface area contributed by atoms with Crippen LogP contribution in [0.3, 0.4) is 0 Å². The second-order valence-corrected chi connectivity index (χ2v) is 2.86. The molecule has 2 unspecified atom stereocenters. The molecule has 0 bridgehead atoms. The van der Waals surface area contributed by atoms with Gasteiger partial charge in [0.2, 0.25) is 0 Å². The number of urea groups is 1. The summed E-state index contributed by atoms with van der Waals surface area (Å²) in [6, 6.07) is -1.65. The highest BCUT2D eigenvalue weighted by Gasteiger charge is 2.42. The molecule has 0 aromatic carbocycles. The van der Waals surface area contributed by atoms with E-state index in [9.17, 15) is 19.2 Å². The van der Waals surface area contributed by atoms with Crippen LogP contribution in [0.5, 0.6) is 0 Å². The molecule has 2 atom stereocenters. The lowest BCUT2D eigenvalue weighted by atomic mass is 10.1. The van der Waals surface area contributed by atoms with Gasteiger partial charge in [-0.1, -0.05) is 0 Å². The van der Waals surface area contributed by atoms with Gasteiger partial charge in [0.15, 0.2) is 0 Å². The molecule has 4 N–H and O–H groups in total. The summed E-state index contributed by atoms with van der Waals surface area (Å²) in [6.45, 7) is 0. The third-order valence-electron chi connectivity index (χ3n) is 1.92. The molecule has 2 rings (SSSR count). The van der Waals surface area contributed by atoms with E-state index >= 15 is 0 Å². The molecule has 2 saturated heterocycles. The van der Waals surface area contributed by atoms with Crippen LogP contribution in [-0.4, -0.2) is 36.0 Å². The molecule has 2 heterocycles. The average molecular weight is 198 g/mol. The molecule has 0 aromatic rings. The molecule has 0 saturated carbocycles. The molecule has 2 aliphatic heterocycles. The van der Waals surface area contributed by atoms with Crippen LogP contribution in [0.15, 0.2) is 0 Å². The first-order chi connectivity index (χ1) is 6.58. The van der Waals surface area contributed by atoms with Gasteiger partial charge >= 0.3 is 17.8 Å². The molecule has 14 heavy (non-hydrogen) atoms. The van der Waals surface area contributed by atoms with Crippen molar-refractivity contribution in [2.45, 2.75) is 12.2 Å². The van der Waals surface area contributed by atoms with Crippen LogP contribution in [0.1, 0.15) is 0 Å². The van der Waals surface area contributed by atoms with Gasteiger partial charge in [0.05, 0.1) is 0 Å². The maximum atomic E-state index is 11.2. The fraction of sp³-hybridized carbons (Fsp3) is 0.333. The zero-order chi connectivity index (χ0) is 10.3. The molecule has 0 aliphatic carbocycles. The summed E-state index contributed by atoms with van der Waals surface area (Å²) < 4.78 is 0. The largest absolute Gasteiger partial charge is 0.333 e. The Morgan fingerprint density at radius 2 is 1.50 bits per heavy atom. The fourth-order valence-corrected chi connectivity index (χ4v) is 1.28. The van der Waals surface area contributed by atoms with Crippen LogP contribution >= 0.6 is 0 Å². The van der Waals surface area contributed by atoms with Crippen molar-refractivity contribution < 1.29 is 19.2 Å². The summed E-state index contributed by atoms with van der Waals surface area (Å²) in [5, 5.41) is 8.59. The van der Waals surface area contributed by atoms with Gasteiger partial charge in [-0.15, -0.1) is 0 Å². The third-order valence-corrected chi connectivity index (χ3v) is 1.92. The van der Waals surface area contributed by atoms with Gasteiger partial charge in [-0.25, -0.2) is 4.79 Å². The smallest absolute Gasteiger partial charge is 0.323 e. The van der Waals surface area contributed by atoms with Crippen LogP contribution < -0.4 is 21.3 Å². The number of amides is 5. The number of carbonyl (C=O) groups excluding carboxylic acids is 4. The van der Waals surface area contributed by atoms with Gasteiger partial charge in [-0.2, -0.15) is 0 Å². The van der Waals surface area contributed by atoms with E-state index in [4.69, 9.17) is 0 Å². The molecular weight excluding hydrogens is 192 g/mol. The lowest BCUT2D eigenvalue weighted by molar-refractivity contribution is -0.145. The van der Waals surface area contributed by atoms with Gasteiger partial charge in [0, 0.05) is 0 Å². The molecule has 5 amide bonds. The maximum Gasteiger partial charge on any atom is 0.323 e. The van der Waals surface area contributed by atoms with E-state index in [-0.39, 0.29) is 0 Å². The van der Waals surface area contributed by atoms with Crippen LogP contribution in [0.25, 0.3) is 0 Å². The summed E-state index contributed by atoms with van der Waals surface area (Å²) in [5.41, 5.74) is 0. The van der Waals surface area contributed by atoms with Crippen LogP contribution in [0.4, 0.5) is 4.79 Å². The summed E-state index contributed by atoms with van der Waals surface area (Å²) in [7, 11) is 0.